The Kier molecular flexibility index (Phi) is 6.54. The molecule has 3 rings (SSSR count). The van der Waals surface area contributed by atoms with Gasteiger partial charge in [0.05, 0.1) is 27.9 Å². The fourth-order valence-electron chi connectivity index (χ4n) is 2.14. The van der Waals surface area contributed by atoms with Crippen LogP contribution in [0.2, 0.25) is 10.0 Å². The quantitative estimate of drug-likeness (QED) is 0.399. The van der Waals surface area contributed by atoms with E-state index in [1.54, 1.807) is 24.3 Å². The van der Waals surface area contributed by atoms with E-state index in [9.17, 15) is 9.59 Å². The van der Waals surface area contributed by atoms with Crippen LogP contribution in [0.1, 0.15) is 6.42 Å². The van der Waals surface area contributed by atoms with Crippen LogP contribution in [0.4, 0.5) is 0 Å². The highest BCUT2D eigenvalue weighted by Gasteiger charge is 2.13. The molecule has 0 saturated heterocycles. The van der Waals surface area contributed by atoms with E-state index in [1.165, 1.54) is 11.3 Å². The van der Waals surface area contributed by atoms with Gasteiger partial charge in [0.25, 0.3) is 5.89 Å². The topological polar surface area (TPSA) is 83.6 Å². The number of carbonyl (C=O) groups is 1. The predicted molar refractivity (Wildman–Crippen MR) is 102 cm³/mol. The van der Waals surface area contributed by atoms with Gasteiger partial charge >= 0.3 is 11.7 Å². The van der Waals surface area contributed by atoms with E-state index in [0.29, 0.717) is 15.8 Å². The lowest BCUT2D eigenvalue weighted by atomic mass is 10.3. The van der Waals surface area contributed by atoms with Gasteiger partial charge in [-0.1, -0.05) is 35.3 Å². The maximum absolute atomic E-state index is 11.8. The number of benzene rings is 1. The lowest BCUT2D eigenvalue weighted by molar-refractivity contribution is -0.144. The molecule has 0 fully saturated rings. The van der Waals surface area contributed by atoms with E-state index in [4.69, 9.17) is 37.1 Å². The first-order valence-corrected chi connectivity index (χ1v) is 9.52. The Labute approximate surface area is 168 Å². The van der Waals surface area contributed by atoms with Crippen molar-refractivity contribution >= 4 is 40.5 Å². The number of halogens is 2. The SMILES string of the molecule is O=C(CCn1nc(-c2cccs2)oc1=O)OCCOc1c(Cl)cccc1Cl. The monoisotopic (exact) mass is 428 g/mol. The number of nitrogens with zero attached hydrogens (tertiary/aromatic N) is 2. The number of ether oxygens (including phenoxy) is 2. The third-order valence-electron chi connectivity index (χ3n) is 3.38. The molecule has 0 radical (unpaired) electrons. The first kappa shape index (κ1) is 19.5. The molecule has 0 atom stereocenters. The number of hydrogen-bond donors (Lipinski definition) is 0. The van der Waals surface area contributed by atoms with Crippen molar-refractivity contribution in [3.63, 3.8) is 0 Å². The first-order chi connectivity index (χ1) is 13.0. The summed E-state index contributed by atoms with van der Waals surface area (Å²) in [6, 6.07) is 8.62. The van der Waals surface area contributed by atoms with Crippen LogP contribution in [-0.2, 0) is 16.1 Å². The molecule has 0 bridgehead atoms. The highest BCUT2D eigenvalue weighted by Crippen LogP contribution is 2.32. The van der Waals surface area contributed by atoms with Crippen LogP contribution >= 0.6 is 34.5 Å². The second-order valence-corrected chi connectivity index (χ2v) is 7.01. The minimum absolute atomic E-state index is 0.0224. The van der Waals surface area contributed by atoms with Gasteiger partial charge in [0.15, 0.2) is 5.75 Å². The molecular weight excluding hydrogens is 415 g/mol. The number of para-hydroxylation sites is 1. The summed E-state index contributed by atoms with van der Waals surface area (Å²) in [5, 5.41) is 6.67. The molecule has 2 heterocycles. The molecule has 0 amide bonds. The van der Waals surface area contributed by atoms with Crippen molar-refractivity contribution in [3.05, 3.63) is 56.3 Å². The average molecular weight is 429 g/mol. The molecule has 0 spiro atoms. The van der Waals surface area contributed by atoms with Crippen molar-refractivity contribution < 1.29 is 18.7 Å². The van der Waals surface area contributed by atoms with Crippen molar-refractivity contribution in [3.8, 4) is 16.5 Å². The van der Waals surface area contributed by atoms with Gasteiger partial charge in [-0.05, 0) is 23.6 Å². The van der Waals surface area contributed by atoms with Gasteiger partial charge in [0.1, 0.15) is 13.2 Å². The molecule has 0 aliphatic carbocycles. The summed E-state index contributed by atoms with van der Waals surface area (Å²) in [4.78, 5) is 24.3. The number of rotatable bonds is 8. The number of esters is 1. The van der Waals surface area contributed by atoms with Crippen LogP contribution in [0, 0.1) is 0 Å². The molecular formula is C17H14Cl2N2O5S. The Bertz CT molecular complexity index is 948. The third-order valence-corrected chi connectivity index (χ3v) is 4.83. The van der Waals surface area contributed by atoms with E-state index in [0.717, 1.165) is 9.56 Å². The zero-order valence-electron chi connectivity index (χ0n) is 13.9. The largest absolute Gasteiger partial charge is 0.487 e. The standard InChI is InChI=1S/C17H14Cl2N2O5S/c18-11-3-1-4-12(19)15(11)25-9-8-24-14(22)6-7-21-17(23)26-16(20-21)13-5-2-10-27-13/h1-5,10H,6-9H2. The minimum Gasteiger partial charge on any atom is -0.487 e. The maximum atomic E-state index is 11.8. The minimum atomic E-state index is -0.622. The summed E-state index contributed by atoms with van der Waals surface area (Å²) < 4.78 is 16.6. The van der Waals surface area contributed by atoms with Gasteiger partial charge in [0.2, 0.25) is 0 Å². The number of aryl methyl sites for hydroxylation is 1. The lowest BCUT2D eigenvalue weighted by Crippen LogP contribution is -2.20. The summed E-state index contributed by atoms with van der Waals surface area (Å²) in [5.74, 6) is -0.542. The summed E-state index contributed by atoms with van der Waals surface area (Å²) in [7, 11) is 0. The van der Waals surface area contributed by atoms with Crippen molar-refractivity contribution in [1.29, 1.82) is 0 Å². The Hall–Kier alpha value is -2.29. The molecule has 2 aromatic heterocycles. The Morgan fingerprint density at radius 1 is 1.19 bits per heavy atom. The van der Waals surface area contributed by atoms with Gasteiger partial charge < -0.3 is 13.9 Å². The van der Waals surface area contributed by atoms with E-state index < -0.39 is 11.7 Å². The number of carbonyl (C=O) groups excluding carboxylic acids is 1. The molecule has 7 nitrogen and oxygen atoms in total. The van der Waals surface area contributed by atoms with Crippen LogP contribution in [0.3, 0.4) is 0 Å². The first-order valence-electron chi connectivity index (χ1n) is 7.89. The normalized spacial score (nSPS) is 10.7. The van der Waals surface area contributed by atoms with Gasteiger partial charge in [-0.25, -0.2) is 4.79 Å². The summed E-state index contributed by atoms with van der Waals surface area (Å²) in [5.41, 5.74) is 0. The van der Waals surface area contributed by atoms with E-state index in [-0.39, 0.29) is 32.1 Å². The van der Waals surface area contributed by atoms with Crippen molar-refractivity contribution in [2.24, 2.45) is 0 Å². The fourth-order valence-corrected chi connectivity index (χ4v) is 3.29. The highest BCUT2D eigenvalue weighted by atomic mass is 35.5. The zero-order chi connectivity index (χ0) is 19.2. The van der Waals surface area contributed by atoms with E-state index >= 15 is 0 Å². The summed E-state index contributed by atoms with van der Waals surface area (Å²) in [6.07, 6.45) is -0.0246. The van der Waals surface area contributed by atoms with Crippen LogP contribution in [0.25, 0.3) is 10.8 Å². The molecule has 0 unspecified atom stereocenters. The Morgan fingerprint density at radius 2 is 1.96 bits per heavy atom. The van der Waals surface area contributed by atoms with Crippen LogP contribution in [0.15, 0.2) is 44.9 Å². The molecule has 0 saturated carbocycles. The molecule has 0 aliphatic heterocycles. The van der Waals surface area contributed by atoms with Gasteiger partial charge in [-0.15, -0.1) is 16.4 Å². The molecule has 142 valence electrons. The molecule has 27 heavy (non-hydrogen) atoms. The van der Waals surface area contributed by atoms with Gasteiger partial charge in [-0.2, -0.15) is 4.68 Å². The lowest BCUT2D eigenvalue weighted by Gasteiger charge is -2.10. The van der Waals surface area contributed by atoms with Gasteiger partial charge in [-0.3, -0.25) is 4.79 Å². The molecule has 1 aromatic carbocycles. The zero-order valence-corrected chi connectivity index (χ0v) is 16.2. The fraction of sp³-hybridized carbons (Fsp3) is 0.235. The summed E-state index contributed by atoms with van der Waals surface area (Å²) in [6.45, 7) is 0.180. The second kappa shape index (κ2) is 9.07. The molecule has 3 aromatic rings. The van der Waals surface area contributed by atoms with Crippen molar-refractivity contribution in [1.82, 2.24) is 9.78 Å². The smallest absolute Gasteiger partial charge is 0.437 e. The van der Waals surface area contributed by atoms with Crippen molar-refractivity contribution in [2.45, 2.75) is 13.0 Å². The predicted octanol–water partition coefficient (Wildman–Crippen LogP) is 3.88. The number of aromatic nitrogens is 2. The molecule has 0 aliphatic rings. The highest BCUT2D eigenvalue weighted by molar-refractivity contribution is 7.13. The van der Waals surface area contributed by atoms with E-state index in [2.05, 4.69) is 5.10 Å². The van der Waals surface area contributed by atoms with Crippen LogP contribution < -0.4 is 10.5 Å². The Morgan fingerprint density at radius 3 is 2.67 bits per heavy atom. The average Bonchev–Trinajstić information content (AvgIpc) is 3.28. The van der Waals surface area contributed by atoms with Gasteiger partial charge in [0, 0.05) is 0 Å². The Balaban J connectivity index is 1.43. The van der Waals surface area contributed by atoms with Crippen LogP contribution in [0.5, 0.6) is 5.75 Å². The molecule has 10 heteroatoms. The maximum Gasteiger partial charge on any atom is 0.437 e. The molecule has 0 N–H and O–H groups in total. The van der Waals surface area contributed by atoms with E-state index in [1.807, 2.05) is 11.4 Å². The third kappa shape index (κ3) is 5.12. The summed E-state index contributed by atoms with van der Waals surface area (Å²) >= 11 is 13.4. The number of hydrogen-bond acceptors (Lipinski definition) is 7. The van der Waals surface area contributed by atoms with Crippen molar-refractivity contribution in [2.75, 3.05) is 13.2 Å². The number of thiophene rings is 1. The second-order valence-electron chi connectivity index (χ2n) is 5.24. The van der Waals surface area contributed by atoms with Crippen LogP contribution in [-0.4, -0.2) is 29.0 Å².